The number of nitrogens with zero attached hydrogens (tertiary/aromatic N) is 1. The van der Waals surface area contributed by atoms with Gasteiger partial charge in [-0.05, 0) is 19.1 Å². The Bertz CT molecular complexity index is 399. The van der Waals surface area contributed by atoms with Crippen molar-refractivity contribution < 1.29 is 18.7 Å². The minimum atomic E-state index is -0.980. The van der Waals surface area contributed by atoms with Crippen molar-refractivity contribution in [2.75, 3.05) is 6.61 Å². The van der Waals surface area contributed by atoms with E-state index in [2.05, 4.69) is 4.74 Å². The lowest BCUT2D eigenvalue weighted by molar-refractivity contribution is -0.137. The zero-order chi connectivity index (χ0) is 10.6. The van der Waals surface area contributed by atoms with E-state index in [1.807, 2.05) is 0 Å². The van der Waals surface area contributed by atoms with E-state index >= 15 is 0 Å². The van der Waals surface area contributed by atoms with Gasteiger partial charge in [-0.25, -0.2) is 4.79 Å². The van der Waals surface area contributed by atoms with Crippen LogP contribution < -0.4 is 0 Å². The van der Waals surface area contributed by atoms with Crippen molar-refractivity contribution in [2.45, 2.75) is 6.92 Å². The summed E-state index contributed by atoms with van der Waals surface area (Å²) in [5.74, 6) is -2.06. The molecule has 1 heterocycles. The summed E-state index contributed by atoms with van der Waals surface area (Å²) in [7, 11) is 0. The molecule has 72 valence electrons. The molecule has 0 amide bonds. The normalized spacial score (nSPS) is 9.14. The smallest absolute Gasteiger partial charge is 0.383 e. The van der Waals surface area contributed by atoms with Gasteiger partial charge in [-0.3, -0.25) is 4.79 Å². The number of nitriles is 1. The average Bonchev–Trinajstić information content (AvgIpc) is 2.65. The summed E-state index contributed by atoms with van der Waals surface area (Å²) in [4.78, 5) is 22.1. The summed E-state index contributed by atoms with van der Waals surface area (Å²) in [6.45, 7) is 1.71. The Balaban J connectivity index is 2.80. The molecular formula is C9H7NO4. The van der Waals surface area contributed by atoms with Crippen molar-refractivity contribution in [2.24, 2.45) is 0 Å². The Morgan fingerprint density at radius 3 is 2.79 bits per heavy atom. The maximum absolute atomic E-state index is 11.2. The topological polar surface area (TPSA) is 80.3 Å². The van der Waals surface area contributed by atoms with Crippen LogP contribution in [0.1, 0.15) is 23.2 Å². The third kappa shape index (κ3) is 1.98. The van der Waals surface area contributed by atoms with Crippen molar-refractivity contribution in [3.05, 3.63) is 23.7 Å². The monoisotopic (exact) mass is 193 g/mol. The van der Waals surface area contributed by atoms with Crippen LogP contribution in [0.3, 0.4) is 0 Å². The number of esters is 1. The van der Waals surface area contributed by atoms with Crippen molar-refractivity contribution in [1.82, 2.24) is 0 Å². The van der Waals surface area contributed by atoms with Crippen LogP contribution >= 0.6 is 0 Å². The second kappa shape index (κ2) is 4.23. The molecule has 0 aliphatic heterocycles. The van der Waals surface area contributed by atoms with Crippen molar-refractivity contribution in [3.8, 4) is 6.07 Å². The summed E-state index contributed by atoms with van der Waals surface area (Å²) >= 11 is 0. The molecule has 1 aromatic rings. The van der Waals surface area contributed by atoms with Gasteiger partial charge in [0.25, 0.3) is 0 Å². The molecule has 1 aromatic heterocycles. The summed E-state index contributed by atoms with van der Waals surface area (Å²) in [5, 5.41) is 8.40. The molecule has 0 fully saturated rings. The van der Waals surface area contributed by atoms with Gasteiger partial charge in [0.2, 0.25) is 5.76 Å². The van der Waals surface area contributed by atoms with Crippen LogP contribution in [0.4, 0.5) is 0 Å². The highest BCUT2D eigenvalue weighted by molar-refractivity contribution is 6.39. The summed E-state index contributed by atoms with van der Waals surface area (Å²) in [6.07, 6.45) is 0. The lowest BCUT2D eigenvalue weighted by Crippen LogP contribution is -2.16. The van der Waals surface area contributed by atoms with Gasteiger partial charge in [0.05, 0.1) is 6.61 Å². The first-order chi connectivity index (χ1) is 6.69. The van der Waals surface area contributed by atoms with Crippen LogP contribution in [0.2, 0.25) is 0 Å². The van der Waals surface area contributed by atoms with Gasteiger partial charge in [0, 0.05) is 0 Å². The number of ketones is 1. The maximum atomic E-state index is 11.2. The third-order valence-corrected chi connectivity index (χ3v) is 1.40. The highest BCUT2D eigenvalue weighted by atomic mass is 16.5. The molecule has 0 saturated carbocycles. The van der Waals surface area contributed by atoms with E-state index in [1.165, 1.54) is 12.1 Å². The van der Waals surface area contributed by atoms with Gasteiger partial charge in [-0.2, -0.15) is 5.26 Å². The molecule has 14 heavy (non-hydrogen) atoms. The quantitative estimate of drug-likeness (QED) is 0.404. The fourth-order valence-electron chi connectivity index (χ4n) is 0.817. The molecule has 0 aliphatic rings. The van der Waals surface area contributed by atoms with Gasteiger partial charge in [0.1, 0.15) is 6.07 Å². The molecule has 5 heteroatoms. The molecule has 0 N–H and O–H groups in total. The van der Waals surface area contributed by atoms with E-state index in [-0.39, 0.29) is 18.1 Å². The molecule has 0 saturated heterocycles. The summed E-state index contributed by atoms with van der Waals surface area (Å²) < 4.78 is 9.22. The first kappa shape index (κ1) is 9.99. The van der Waals surface area contributed by atoms with E-state index in [4.69, 9.17) is 9.68 Å². The van der Waals surface area contributed by atoms with Crippen LogP contribution in [-0.4, -0.2) is 18.4 Å². The number of ether oxygens (including phenoxy) is 1. The molecule has 0 aliphatic carbocycles. The highest BCUT2D eigenvalue weighted by Gasteiger charge is 2.20. The largest absolute Gasteiger partial charge is 0.460 e. The number of rotatable bonds is 3. The van der Waals surface area contributed by atoms with E-state index in [0.29, 0.717) is 0 Å². The zero-order valence-corrected chi connectivity index (χ0v) is 7.44. The van der Waals surface area contributed by atoms with Crippen molar-refractivity contribution in [3.63, 3.8) is 0 Å². The maximum Gasteiger partial charge on any atom is 0.383 e. The number of carbonyl (C=O) groups excluding carboxylic acids is 2. The van der Waals surface area contributed by atoms with Crippen molar-refractivity contribution in [1.29, 1.82) is 5.26 Å². The van der Waals surface area contributed by atoms with Gasteiger partial charge in [0.15, 0.2) is 5.76 Å². The Morgan fingerprint density at radius 1 is 1.57 bits per heavy atom. The fourth-order valence-corrected chi connectivity index (χ4v) is 0.817. The van der Waals surface area contributed by atoms with E-state index in [1.54, 1.807) is 13.0 Å². The molecule has 0 bridgehead atoms. The molecule has 5 nitrogen and oxygen atoms in total. The molecule has 0 spiro atoms. The van der Waals surface area contributed by atoms with Crippen LogP contribution in [0, 0.1) is 11.3 Å². The Morgan fingerprint density at radius 2 is 2.29 bits per heavy atom. The zero-order valence-electron chi connectivity index (χ0n) is 7.44. The second-order valence-electron chi connectivity index (χ2n) is 2.33. The van der Waals surface area contributed by atoms with Gasteiger partial charge in [-0.1, -0.05) is 0 Å². The van der Waals surface area contributed by atoms with Crippen LogP contribution in [-0.2, 0) is 9.53 Å². The molecule has 0 aromatic carbocycles. The minimum Gasteiger partial charge on any atom is -0.460 e. The lowest BCUT2D eigenvalue weighted by Gasteiger charge is -1.96. The Hall–Kier alpha value is -2.09. The van der Waals surface area contributed by atoms with Crippen LogP contribution in [0.5, 0.6) is 0 Å². The minimum absolute atomic E-state index is 0.0161. The van der Waals surface area contributed by atoms with Gasteiger partial charge in [-0.15, -0.1) is 0 Å². The first-order valence-electron chi connectivity index (χ1n) is 3.90. The lowest BCUT2D eigenvalue weighted by atomic mass is 10.3. The third-order valence-electron chi connectivity index (χ3n) is 1.40. The number of carbonyl (C=O) groups is 2. The van der Waals surface area contributed by atoms with E-state index in [9.17, 15) is 9.59 Å². The predicted octanol–water partition coefficient (Wildman–Crippen LogP) is 0.897. The predicted molar refractivity (Wildman–Crippen MR) is 44.4 cm³/mol. The first-order valence-corrected chi connectivity index (χ1v) is 3.90. The second-order valence-corrected chi connectivity index (χ2v) is 2.33. The van der Waals surface area contributed by atoms with Crippen molar-refractivity contribution >= 4 is 11.8 Å². The van der Waals surface area contributed by atoms with Crippen LogP contribution in [0.25, 0.3) is 0 Å². The SMILES string of the molecule is CCOC(=O)C(=O)c1ccc(C#N)o1. The standard InChI is InChI=1S/C9H7NO4/c1-2-13-9(12)8(11)7-4-3-6(5-10)14-7/h3-4H,2H2,1H3. The number of Topliss-reactive ketones (excluding diaryl/α,β-unsaturated/α-hetero) is 1. The number of hydrogen-bond acceptors (Lipinski definition) is 5. The molecule has 0 unspecified atom stereocenters. The number of hydrogen-bond donors (Lipinski definition) is 0. The molecular weight excluding hydrogens is 186 g/mol. The summed E-state index contributed by atoms with van der Waals surface area (Å²) in [5.41, 5.74) is 0. The average molecular weight is 193 g/mol. The fraction of sp³-hybridized carbons (Fsp3) is 0.222. The molecule has 0 atom stereocenters. The highest BCUT2D eigenvalue weighted by Crippen LogP contribution is 2.07. The van der Waals surface area contributed by atoms with Gasteiger partial charge >= 0.3 is 11.8 Å². The van der Waals surface area contributed by atoms with Gasteiger partial charge < -0.3 is 9.15 Å². The van der Waals surface area contributed by atoms with Crippen LogP contribution in [0.15, 0.2) is 16.5 Å². The number of furan rings is 1. The molecule has 1 rings (SSSR count). The molecule has 0 radical (unpaired) electrons. The summed E-state index contributed by atoms with van der Waals surface area (Å²) in [6, 6.07) is 4.28. The van der Waals surface area contributed by atoms with E-state index in [0.717, 1.165) is 0 Å². The van der Waals surface area contributed by atoms with E-state index < -0.39 is 11.8 Å². The Kier molecular flexibility index (Phi) is 3.02. The Labute approximate surface area is 79.9 Å².